The van der Waals surface area contributed by atoms with E-state index in [-0.39, 0.29) is 11.4 Å². The summed E-state index contributed by atoms with van der Waals surface area (Å²) in [5.74, 6) is 1.23. The molecule has 0 spiro atoms. The van der Waals surface area contributed by atoms with Gasteiger partial charge >= 0.3 is 5.69 Å². The Morgan fingerprint density at radius 3 is 2.83 bits per heavy atom. The highest BCUT2D eigenvalue weighted by Gasteiger charge is 2.23. The van der Waals surface area contributed by atoms with E-state index in [4.69, 9.17) is 4.74 Å². The standard InChI is InChI=1S/C17H15N3O3S/c1-10-18-16(23-13-8-4-3-7-12(13)20(21)22)15-11-6-2-5-9-14(11)24-17(15)19-10/h3-4,7-8H,2,5-6,9H2,1H3. The van der Waals surface area contributed by atoms with Crippen LogP contribution in [0.25, 0.3) is 10.2 Å². The first kappa shape index (κ1) is 15.0. The summed E-state index contributed by atoms with van der Waals surface area (Å²) < 4.78 is 5.90. The van der Waals surface area contributed by atoms with Gasteiger partial charge in [-0.25, -0.2) is 4.98 Å². The number of nitrogens with zero attached hydrogens (tertiary/aromatic N) is 3. The summed E-state index contributed by atoms with van der Waals surface area (Å²) in [6.45, 7) is 1.81. The van der Waals surface area contributed by atoms with Crippen molar-refractivity contribution < 1.29 is 9.66 Å². The van der Waals surface area contributed by atoms with E-state index >= 15 is 0 Å². The number of para-hydroxylation sites is 2. The summed E-state index contributed by atoms with van der Waals surface area (Å²) in [6, 6.07) is 6.37. The third-order valence-electron chi connectivity index (χ3n) is 4.16. The molecule has 24 heavy (non-hydrogen) atoms. The van der Waals surface area contributed by atoms with Gasteiger partial charge in [0.1, 0.15) is 10.7 Å². The lowest BCUT2D eigenvalue weighted by atomic mass is 9.97. The van der Waals surface area contributed by atoms with Crippen molar-refractivity contribution in [2.75, 3.05) is 0 Å². The Morgan fingerprint density at radius 1 is 1.21 bits per heavy atom. The highest BCUT2D eigenvalue weighted by Crippen LogP contribution is 2.41. The van der Waals surface area contributed by atoms with Crippen molar-refractivity contribution in [2.24, 2.45) is 0 Å². The van der Waals surface area contributed by atoms with Gasteiger partial charge in [0.25, 0.3) is 0 Å². The van der Waals surface area contributed by atoms with Crippen molar-refractivity contribution in [3.63, 3.8) is 0 Å². The number of nitro groups is 1. The average molecular weight is 341 g/mol. The molecule has 122 valence electrons. The summed E-state index contributed by atoms with van der Waals surface area (Å²) in [6.07, 6.45) is 4.36. The molecule has 1 aliphatic rings. The quantitative estimate of drug-likeness (QED) is 0.515. The van der Waals surface area contributed by atoms with Crippen molar-refractivity contribution in [2.45, 2.75) is 32.6 Å². The van der Waals surface area contributed by atoms with Gasteiger partial charge in [-0.3, -0.25) is 10.1 Å². The van der Waals surface area contributed by atoms with Crippen LogP contribution in [0.1, 0.15) is 29.1 Å². The predicted octanol–water partition coefficient (Wildman–Crippen LogP) is 4.58. The van der Waals surface area contributed by atoms with E-state index in [1.54, 1.807) is 29.5 Å². The summed E-state index contributed by atoms with van der Waals surface area (Å²) >= 11 is 1.68. The minimum atomic E-state index is -0.441. The Hall–Kier alpha value is -2.54. The van der Waals surface area contributed by atoms with E-state index in [0.29, 0.717) is 11.7 Å². The van der Waals surface area contributed by atoms with Gasteiger partial charge in [0, 0.05) is 10.9 Å². The number of hydrogen-bond donors (Lipinski definition) is 0. The number of hydrogen-bond acceptors (Lipinski definition) is 6. The van der Waals surface area contributed by atoms with Crippen molar-refractivity contribution in [3.05, 3.63) is 50.6 Å². The van der Waals surface area contributed by atoms with Gasteiger partial charge < -0.3 is 4.74 Å². The van der Waals surface area contributed by atoms with E-state index in [0.717, 1.165) is 29.5 Å². The molecule has 0 radical (unpaired) electrons. The van der Waals surface area contributed by atoms with Crippen LogP contribution in [0.15, 0.2) is 24.3 Å². The summed E-state index contributed by atoms with van der Waals surface area (Å²) in [7, 11) is 0. The molecule has 6 nitrogen and oxygen atoms in total. The lowest BCUT2D eigenvalue weighted by Gasteiger charge is -2.12. The third kappa shape index (κ3) is 2.50. The number of aromatic nitrogens is 2. The second kappa shape index (κ2) is 5.83. The topological polar surface area (TPSA) is 78.2 Å². The molecule has 1 aromatic carbocycles. The smallest absolute Gasteiger partial charge is 0.311 e. The fourth-order valence-electron chi connectivity index (χ4n) is 3.10. The lowest BCUT2D eigenvalue weighted by Crippen LogP contribution is -2.01. The minimum Gasteiger partial charge on any atom is -0.431 e. The number of fused-ring (bicyclic) bond motifs is 3. The monoisotopic (exact) mass is 341 g/mol. The zero-order valence-corrected chi connectivity index (χ0v) is 13.9. The minimum absolute atomic E-state index is 0.0639. The molecule has 3 aromatic rings. The van der Waals surface area contributed by atoms with Crippen LogP contribution < -0.4 is 4.74 Å². The van der Waals surface area contributed by atoms with Crippen molar-refractivity contribution in [1.29, 1.82) is 0 Å². The summed E-state index contributed by atoms with van der Waals surface area (Å²) in [5.41, 5.74) is 1.18. The summed E-state index contributed by atoms with van der Waals surface area (Å²) in [5, 5.41) is 12.1. The maximum Gasteiger partial charge on any atom is 0.311 e. The molecule has 0 saturated carbocycles. The number of benzene rings is 1. The molecular formula is C17H15N3O3S. The number of thiophene rings is 1. The molecule has 0 unspecified atom stereocenters. The molecule has 0 atom stereocenters. The summed E-state index contributed by atoms with van der Waals surface area (Å²) in [4.78, 5) is 22.0. The van der Waals surface area contributed by atoms with Crippen LogP contribution in [-0.4, -0.2) is 14.9 Å². The fraction of sp³-hybridized carbons (Fsp3) is 0.294. The first-order chi connectivity index (χ1) is 11.6. The molecule has 0 fully saturated rings. The van der Waals surface area contributed by atoms with Crippen LogP contribution in [0.2, 0.25) is 0 Å². The maximum absolute atomic E-state index is 11.2. The van der Waals surface area contributed by atoms with Crippen LogP contribution in [-0.2, 0) is 12.8 Å². The van der Waals surface area contributed by atoms with Gasteiger partial charge in [-0.05, 0) is 44.2 Å². The van der Waals surface area contributed by atoms with Crippen LogP contribution in [0.5, 0.6) is 11.6 Å². The number of ether oxygens (including phenoxy) is 1. The molecular weight excluding hydrogens is 326 g/mol. The Balaban J connectivity index is 1.88. The Bertz CT molecular complexity index is 952. The zero-order valence-electron chi connectivity index (χ0n) is 13.1. The van der Waals surface area contributed by atoms with Gasteiger partial charge in [0.05, 0.1) is 10.3 Å². The molecule has 0 aliphatic heterocycles. The highest BCUT2D eigenvalue weighted by atomic mass is 32.1. The van der Waals surface area contributed by atoms with Crippen molar-refractivity contribution in [1.82, 2.24) is 9.97 Å². The predicted molar refractivity (Wildman–Crippen MR) is 92.0 cm³/mol. The molecule has 2 heterocycles. The molecule has 4 rings (SSSR count). The van der Waals surface area contributed by atoms with Gasteiger partial charge in [-0.2, -0.15) is 4.98 Å². The van der Waals surface area contributed by atoms with Crippen molar-refractivity contribution >= 4 is 27.2 Å². The van der Waals surface area contributed by atoms with Gasteiger partial charge in [-0.1, -0.05) is 12.1 Å². The van der Waals surface area contributed by atoms with E-state index in [1.165, 1.54) is 22.9 Å². The first-order valence-electron chi connectivity index (χ1n) is 7.83. The molecule has 7 heteroatoms. The van der Waals surface area contributed by atoms with Crippen LogP contribution in [0, 0.1) is 17.0 Å². The average Bonchev–Trinajstić information content (AvgIpc) is 2.93. The van der Waals surface area contributed by atoms with Gasteiger partial charge in [0.2, 0.25) is 11.6 Å². The van der Waals surface area contributed by atoms with E-state index in [1.807, 2.05) is 6.92 Å². The highest BCUT2D eigenvalue weighted by molar-refractivity contribution is 7.18. The Labute approximate surface area is 142 Å². The lowest BCUT2D eigenvalue weighted by molar-refractivity contribution is -0.385. The van der Waals surface area contributed by atoms with Crippen LogP contribution >= 0.6 is 11.3 Å². The number of aryl methyl sites for hydroxylation is 3. The fourth-order valence-corrected chi connectivity index (χ4v) is 4.40. The van der Waals surface area contributed by atoms with E-state index in [2.05, 4.69) is 9.97 Å². The Kier molecular flexibility index (Phi) is 3.65. The second-order valence-electron chi connectivity index (χ2n) is 5.79. The Morgan fingerprint density at radius 2 is 2.00 bits per heavy atom. The molecule has 1 aliphatic carbocycles. The van der Waals surface area contributed by atoms with Crippen LogP contribution in [0.4, 0.5) is 5.69 Å². The van der Waals surface area contributed by atoms with Gasteiger partial charge in [-0.15, -0.1) is 11.3 Å². The number of rotatable bonds is 3. The van der Waals surface area contributed by atoms with E-state index < -0.39 is 4.92 Å². The largest absolute Gasteiger partial charge is 0.431 e. The number of nitro benzene ring substituents is 1. The molecule has 0 bridgehead atoms. The zero-order chi connectivity index (χ0) is 16.7. The second-order valence-corrected chi connectivity index (χ2v) is 6.88. The molecule has 0 N–H and O–H groups in total. The normalized spacial score (nSPS) is 13.7. The van der Waals surface area contributed by atoms with Crippen molar-refractivity contribution in [3.8, 4) is 11.6 Å². The maximum atomic E-state index is 11.2. The van der Waals surface area contributed by atoms with Gasteiger partial charge in [0.15, 0.2) is 0 Å². The third-order valence-corrected chi connectivity index (χ3v) is 5.35. The van der Waals surface area contributed by atoms with E-state index in [9.17, 15) is 10.1 Å². The molecule has 0 saturated heterocycles. The first-order valence-corrected chi connectivity index (χ1v) is 8.65. The SMILES string of the molecule is Cc1nc(Oc2ccccc2[N+](=O)[O-])c2c3c(sc2n1)CCCC3. The van der Waals surface area contributed by atoms with Crippen LogP contribution in [0.3, 0.4) is 0 Å². The molecule has 2 aromatic heterocycles. The molecule has 0 amide bonds.